The third-order valence-corrected chi connectivity index (χ3v) is 9.45. The topological polar surface area (TPSA) is 86.8 Å². The first-order valence-electron chi connectivity index (χ1n) is 15.1. The summed E-state index contributed by atoms with van der Waals surface area (Å²) in [4.78, 5) is 9.74. The molecule has 5 aromatic rings. The molecule has 0 saturated carbocycles. The predicted octanol–water partition coefficient (Wildman–Crippen LogP) is 5.69. The maximum Gasteiger partial charge on any atom is 0.247 e. The van der Waals surface area contributed by atoms with Gasteiger partial charge in [-0.15, -0.1) is 5.10 Å². The number of hydrogen-bond donors (Lipinski definition) is 2. The zero-order chi connectivity index (χ0) is 29.2. The van der Waals surface area contributed by atoms with E-state index in [2.05, 4.69) is 67.5 Å². The lowest BCUT2D eigenvalue weighted by Gasteiger charge is -2.42. The van der Waals surface area contributed by atoms with Gasteiger partial charge in [0.1, 0.15) is 0 Å². The van der Waals surface area contributed by atoms with E-state index in [1.165, 1.54) is 5.56 Å². The fourth-order valence-corrected chi connectivity index (χ4v) is 6.75. The van der Waals surface area contributed by atoms with E-state index in [0.717, 1.165) is 81.0 Å². The van der Waals surface area contributed by atoms with Crippen LogP contribution in [-0.4, -0.2) is 67.2 Å². The van der Waals surface area contributed by atoms with E-state index >= 15 is 0 Å². The van der Waals surface area contributed by atoms with Crippen molar-refractivity contribution in [3.05, 3.63) is 101 Å². The number of aliphatic hydroxyl groups is 1. The van der Waals surface area contributed by atoms with Crippen molar-refractivity contribution in [1.82, 2.24) is 29.3 Å². The third kappa shape index (κ3) is 5.85. The summed E-state index contributed by atoms with van der Waals surface area (Å²) in [5.74, 6) is 0.549. The molecule has 0 bridgehead atoms. The molecule has 2 N–H and O–H groups in total. The van der Waals surface area contributed by atoms with E-state index in [1.807, 2.05) is 47.2 Å². The first kappa shape index (κ1) is 27.9. The van der Waals surface area contributed by atoms with Crippen molar-refractivity contribution in [2.75, 3.05) is 43.0 Å². The van der Waals surface area contributed by atoms with E-state index in [9.17, 15) is 5.11 Å². The van der Waals surface area contributed by atoms with Gasteiger partial charge >= 0.3 is 0 Å². The average molecular weight is 597 g/mol. The number of pyridine rings is 1. The first-order chi connectivity index (χ1) is 21.1. The van der Waals surface area contributed by atoms with Gasteiger partial charge < -0.3 is 15.3 Å². The lowest BCUT2D eigenvalue weighted by atomic mass is 9.73. The molecule has 2 aliphatic rings. The van der Waals surface area contributed by atoms with Crippen molar-refractivity contribution in [3.8, 4) is 0 Å². The van der Waals surface area contributed by atoms with Crippen LogP contribution in [0.1, 0.15) is 42.9 Å². The summed E-state index contributed by atoms with van der Waals surface area (Å²) in [6.45, 7) is 4.88. The molecular weight excluding hydrogens is 560 g/mol. The van der Waals surface area contributed by atoms with E-state index in [-0.39, 0.29) is 12.0 Å². The Bertz CT molecular complexity index is 1650. The van der Waals surface area contributed by atoms with Crippen molar-refractivity contribution in [2.45, 2.75) is 43.7 Å². The number of anilines is 3. The fourth-order valence-electron chi connectivity index (χ4n) is 6.62. The molecule has 9 nitrogen and oxygen atoms in total. The molecule has 222 valence electrons. The van der Waals surface area contributed by atoms with Crippen LogP contribution in [0, 0.1) is 0 Å². The molecule has 3 aromatic heterocycles. The quantitative estimate of drug-likeness (QED) is 0.238. The number of aromatic nitrogens is 5. The first-order valence-corrected chi connectivity index (χ1v) is 15.5. The minimum atomic E-state index is -0.259. The van der Waals surface area contributed by atoms with Crippen LogP contribution in [-0.2, 0) is 12.0 Å². The Kier molecular flexibility index (Phi) is 7.78. The zero-order valence-electron chi connectivity index (χ0n) is 24.2. The number of nitrogens with one attached hydrogen (secondary N) is 1. The molecule has 0 spiro atoms. The highest BCUT2D eigenvalue weighted by Crippen LogP contribution is 2.38. The number of piperidine rings is 2. The van der Waals surface area contributed by atoms with Gasteiger partial charge in [0.25, 0.3) is 0 Å². The monoisotopic (exact) mass is 596 g/mol. The van der Waals surface area contributed by atoms with Crippen LogP contribution in [0.3, 0.4) is 0 Å². The Morgan fingerprint density at radius 2 is 1.70 bits per heavy atom. The summed E-state index contributed by atoms with van der Waals surface area (Å²) < 4.78 is 3.92. The molecule has 0 amide bonds. The SMILES string of the molecule is OCC1(c2ccc(Cl)cc2)CCN(c2cccn3nc(Nc4cnn(C5CCN(Cc6ccccc6)CC5)c4)nc23)CC1. The predicted molar refractivity (Wildman–Crippen MR) is 170 cm³/mol. The second-order valence-corrected chi connectivity index (χ2v) is 12.3. The summed E-state index contributed by atoms with van der Waals surface area (Å²) in [7, 11) is 0. The Balaban J connectivity index is 0.996. The maximum absolute atomic E-state index is 10.4. The van der Waals surface area contributed by atoms with Crippen LogP contribution in [0.25, 0.3) is 5.65 Å². The number of hydrogen-bond acceptors (Lipinski definition) is 7. The van der Waals surface area contributed by atoms with Crippen molar-refractivity contribution in [1.29, 1.82) is 0 Å². The van der Waals surface area contributed by atoms with Gasteiger partial charge in [-0.1, -0.05) is 54.1 Å². The summed E-state index contributed by atoms with van der Waals surface area (Å²) in [5, 5.41) is 23.9. The van der Waals surface area contributed by atoms with Crippen molar-refractivity contribution < 1.29 is 5.11 Å². The van der Waals surface area contributed by atoms with Crippen LogP contribution in [0.4, 0.5) is 17.3 Å². The summed E-state index contributed by atoms with van der Waals surface area (Å²) >= 11 is 6.12. The normalized spacial score (nSPS) is 17.9. The molecule has 0 radical (unpaired) electrons. The van der Waals surface area contributed by atoms with E-state index < -0.39 is 0 Å². The number of aliphatic hydroxyl groups excluding tert-OH is 1. The molecule has 0 unspecified atom stereocenters. The van der Waals surface area contributed by atoms with Gasteiger partial charge in [-0.2, -0.15) is 10.1 Å². The minimum absolute atomic E-state index is 0.117. The molecule has 2 saturated heterocycles. The fraction of sp³-hybridized carbons (Fsp3) is 0.364. The largest absolute Gasteiger partial charge is 0.395 e. The molecule has 10 heteroatoms. The van der Waals surface area contributed by atoms with Crippen molar-refractivity contribution >= 4 is 34.6 Å². The van der Waals surface area contributed by atoms with Crippen LogP contribution < -0.4 is 10.2 Å². The van der Waals surface area contributed by atoms with Gasteiger partial charge in [-0.25, -0.2) is 4.52 Å². The number of likely N-dealkylation sites (tertiary alicyclic amines) is 1. The zero-order valence-corrected chi connectivity index (χ0v) is 24.9. The average Bonchev–Trinajstić information content (AvgIpc) is 3.69. The van der Waals surface area contributed by atoms with E-state index in [4.69, 9.17) is 21.7 Å². The molecule has 0 aliphatic carbocycles. The van der Waals surface area contributed by atoms with Crippen LogP contribution in [0.2, 0.25) is 5.02 Å². The second kappa shape index (κ2) is 12.0. The smallest absolute Gasteiger partial charge is 0.247 e. The number of rotatable bonds is 8. The van der Waals surface area contributed by atoms with E-state index in [0.29, 0.717) is 17.0 Å². The Morgan fingerprint density at radius 3 is 2.44 bits per heavy atom. The Labute approximate surface area is 256 Å². The van der Waals surface area contributed by atoms with Gasteiger partial charge in [0, 0.05) is 55.6 Å². The highest BCUT2D eigenvalue weighted by atomic mass is 35.5. The summed E-state index contributed by atoms with van der Waals surface area (Å²) in [5.41, 5.74) is 4.99. The molecule has 7 rings (SSSR count). The van der Waals surface area contributed by atoms with E-state index in [1.54, 1.807) is 0 Å². The van der Waals surface area contributed by atoms with Gasteiger partial charge in [0.2, 0.25) is 5.95 Å². The highest BCUT2D eigenvalue weighted by molar-refractivity contribution is 6.30. The Hall–Kier alpha value is -3.92. The number of halogens is 1. The summed E-state index contributed by atoms with van der Waals surface area (Å²) in [6, 6.07) is 23.1. The highest BCUT2D eigenvalue weighted by Gasteiger charge is 2.36. The molecule has 2 aliphatic heterocycles. The molecule has 0 atom stereocenters. The van der Waals surface area contributed by atoms with Gasteiger partial charge in [0.15, 0.2) is 5.65 Å². The standard InChI is InChI=1S/C33H37ClN8O/c34-27-10-8-26(9-11-27)33(24-43)14-19-40(20-15-33)30-7-4-16-41-31(30)37-32(38-41)36-28-21-35-42(23-28)29-12-17-39(18-13-29)22-25-5-2-1-3-6-25/h1-11,16,21,23,29,43H,12-15,17-20,22,24H2,(H,36,38). The summed E-state index contributed by atoms with van der Waals surface area (Å²) in [6.07, 6.45) is 9.70. The second-order valence-electron chi connectivity index (χ2n) is 11.9. The minimum Gasteiger partial charge on any atom is -0.395 e. The van der Waals surface area contributed by atoms with Gasteiger partial charge in [-0.05, 0) is 61.1 Å². The Morgan fingerprint density at radius 1 is 0.930 bits per heavy atom. The number of nitrogens with zero attached hydrogens (tertiary/aromatic N) is 7. The molecule has 2 fully saturated rings. The lowest BCUT2D eigenvalue weighted by molar-refractivity contribution is 0.165. The third-order valence-electron chi connectivity index (χ3n) is 9.20. The van der Waals surface area contributed by atoms with Crippen LogP contribution in [0.15, 0.2) is 85.3 Å². The number of benzene rings is 2. The van der Waals surface area contributed by atoms with Crippen molar-refractivity contribution in [3.63, 3.8) is 0 Å². The van der Waals surface area contributed by atoms with Gasteiger partial charge in [-0.3, -0.25) is 9.58 Å². The van der Waals surface area contributed by atoms with Crippen LogP contribution in [0.5, 0.6) is 0 Å². The molecule has 5 heterocycles. The van der Waals surface area contributed by atoms with Crippen molar-refractivity contribution in [2.24, 2.45) is 0 Å². The van der Waals surface area contributed by atoms with Crippen LogP contribution >= 0.6 is 11.6 Å². The molecule has 2 aromatic carbocycles. The lowest BCUT2D eigenvalue weighted by Crippen LogP contribution is -2.45. The molecular formula is C33H37ClN8O. The molecule has 43 heavy (non-hydrogen) atoms. The van der Waals surface area contributed by atoms with Gasteiger partial charge in [0.05, 0.1) is 30.2 Å². The number of fused-ring (bicyclic) bond motifs is 1. The maximum atomic E-state index is 10.4.